The molecule has 2 aromatic carbocycles. The zero-order chi connectivity index (χ0) is 15.6. The van der Waals surface area contributed by atoms with Crippen molar-refractivity contribution >= 4 is 0 Å². The van der Waals surface area contributed by atoms with Crippen molar-refractivity contribution in [1.82, 2.24) is 10.2 Å². The summed E-state index contributed by atoms with van der Waals surface area (Å²) in [5, 5.41) is 3.52. The van der Waals surface area contributed by atoms with Crippen LogP contribution in [0.25, 0.3) is 0 Å². The SMILES string of the molecule is CCN(CC)Cc1ccc(CNCCc2ccccc2)cc1. The molecule has 0 heterocycles. The summed E-state index contributed by atoms with van der Waals surface area (Å²) in [6.45, 7) is 9.67. The van der Waals surface area contributed by atoms with E-state index in [0.717, 1.165) is 39.1 Å². The molecule has 2 nitrogen and oxygen atoms in total. The van der Waals surface area contributed by atoms with Crippen LogP contribution >= 0.6 is 0 Å². The maximum atomic E-state index is 3.52. The van der Waals surface area contributed by atoms with Gasteiger partial charge in [0.05, 0.1) is 0 Å². The van der Waals surface area contributed by atoms with E-state index < -0.39 is 0 Å². The Kier molecular flexibility index (Phi) is 7.14. The van der Waals surface area contributed by atoms with Crippen LogP contribution in [0.5, 0.6) is 0 Å². The van der Waals surface area contributed by atoms with E-state index in [-0.39, 0.29) is 0 Å². The molecule has 0 fully saturated rings. The maximum Gasteiger partial charge on any atom is 0.0233 e. The summed E-state index contributed by atoms with van der Waals surface area (Å²) in [5.41, 5.74) is 4.15. The Balaban J connectivity index is 1.72. The molecule has 2 aromatic rings. The van der Waals surface area contributed by atoms with E-state index in [4.69, 9.17) is 0 Å². The lowest BCUT2D eigenvalue weighted by molar-refractivity contribution is 0.296. The topological polar surface area (TPSA) is 15.3 Å². The van der Waals surface area contributed by atoms with Crippen molar-refractivity contribution in [3.05, 3.63) is 71.3 Å². The largest absolute Gasteiger partial charge is 0.312 e. The summed E-state index contributed by atoms with van der Waals surface area (Å²) in [6.07, 6.45) is 1.08. The van der Waals surface area contributed by atoms with E-state index in [0.29, 0.717) is 0 Å². The summed E-state index contributed by atoms with van der Waals surface area (Å²) < 4.78 is 0. The van der Waals surface area contributed by atoms with Crippen molar-refractivity contribution in [2.24, 2.45) is 0 Å². The van der Waals surface area contributed by atoms with Gasteiger partial charge >= 0.3 is 0 Å². The van der Waals surface area contributed by atoms with Gasteiger partial charge in [0.25, 0.3) is 0 Å². The predicted octanol–water partition coefficient (Wildman–Crippen LogP) is 3.86. The fourth-order valence-electron chi connectivity index (χ4n) is 2.58. The summed E-state index contributed by atoms with van der Waals surface area (Å²) in [5.74, 6) is 0. The fraction of sp³-hybridized carbons (Fsp3) is 0.400. The van der Waals surface area contributed by atoms with Gasteiger partial charge in [0.15, 0.2) is 0 Å². The van der Waals surface area contributed by atoms with E-state index in [9.17, 15) is 0 Å². The molecule has 1 N–H and O–H groups in total. The quantitative estimate of drug-likeness (QED) is 0.707. The number of hydrogen-bond donors (Lipinski definition) is 1. The number of nitrogens with zero attached hydrogens (tertiary/aromatic N) is 1. The third-order valence-corrected chi connectivity index (χ3v) is 4.09. The standard InChI is InChI=1S/C20H28N2/c1-3-22(4-2)17-20-12-10-19(11-13-20)16-21-15-14-18-8-6-5-7-9-18/h5-13,21H,3-4,14-17H2,1-2H3. The van der Waals surface area contributed by atoms with Gasteiger partial charge in [0.1, 0.15) is 0 Å². The molecule has 0 saturated carbocycles. The van der Waals surface area contributed by atoms with Crippen molar-refractivity contribution in [2.45, 2.75) is 33.4 Å². The first-order valence-electron chi connectivity index (χ1n) is 8.36. The smallest absolute Gasteiger partial charge is 0.0233 e. The Morgan fingerprint density at radius 1 is 0.773 bits per heavy atom. The van der Waals surface area contributed by atoms with Gasteiger partial charge in [-0.2, -0.15) is 0 Å². The predicted molar refractivity (Wildman–Crippen MR) is 94.9 cm³/mol. The highest BCUT2D eigenvalue weighted by Gasteiger charge is 2.01. The second-order valence-corrected chi connectivity index (χ2v) is 5.69. The van der Waals surface area contributed by atoms with E-state index in [2.05, 4.69) is 78.7 Å². The van der Waals surface area contributed by atoms with Crippen LogP contribution in [0.3, 0.4) is 0 Å². The van der Waals surface area contributed by atoms with Crippen LogP contribution < -0.4 is 5.32 Å². The molecule has 0 aromatic heterocycles. The number of benzene rings is 2. The van der Waals surface area contributed by atoms with E-state index in [1.165, 1.54) is 16.7 Å². The zero-order valence-electron chi connectivity index (χ0n) is 13.9. The van der Waals surface area contributed by atoms with Crippen LogP contribution in [0.1, 0.15) is 30.5 Å². The molecule has 0 aliphatic rings. The minimum absolute atomic E-state index is 0.943. The molecular weight excluding hydrogens is 268 g/mol. The van der Waals surface area contributed by atoms with Gasteiger partial charge in [-0.25, -0.2) is 0 Å². The van der Waals surface area contributed by atoms with Gasteiger partial charge in [0, 0.05) is 13.1 Å². The molecule has 22 heavy (non-hydrogen) atoms. The Morgan fingerprint density at radius 2 is 1.41 bits per heavy atom. The number of rotatable bonds is 9. The molecule has 0 amide bonds. The Labute approximate surface area is 135 Å². The third kappa shape index (κ3) is 5.63. The lowest BCUT2D eigenvalue weighted by Crippen LogP contribution is -2.22. The number of nitrogens with one attached hydrogen (secondary N) is 1. The fourth-order valence-corrected chi connectivity index (χ4v) is 2.58. The molecule has 118 valence electrons. The average molecular weight is 296 g/mol. The molecule has 0 spiro atoms. The van der Waals surface area contributed by atoms with Crippen molar-refractivity contribution in [3.63, 3.8) is 0 Å². The van der Waals surface area contributed by atoms with Gasteiger partial charge in [-0.1, -0.05) is 68.4 Å². The summed E-state index contributed by atoms with van der Waals surface area (Å²) in [6, 6.07) is 19.6. The minimum Gasteiger partial charge on any atom is -0.312 e. The Hall–Kier alpha value is -1.64. The van der Waals surface area contributed by atoms with Gasteiger partial charge < -0.3 is 5.32 Å². The second kappa shape index (κ2) is 9.39. The van der Waals surface area contributed by atoms with Gasteiger partial charge in [-0.3, -0.25) is 4.90 Å². The summed E-state index contributed by atoms with van der Waals surface area (Å²) in [4.78, 5) is 2.44. The van der Waals surface area contributed by atoms with Crippen molar-refractivity contribution < 1.29 is 0 Å². The first-order chi connectivity index (χ1) is 10.8. The molecule has 0 unspecified atom stereocenters. The molecule has 0 aliphatic carbocycles. The molecule has 2 rings (SSSR count). The maximum absolute atomic E-state index is 3.52. The molecule has 2 heteroatoms. The second-order valence-electron chi connectivity index (χ2n) is 5.69. The van der Waals surface area contributed by atoms with Crippen LogP contribution in [0.4, 0.5) is 0 Å². The van der Waals surface area contributed by atoms with Crippen LogP contribution in [-0.4, -0.2) is 24.5 Å². The van der Waals surface area contributed by atoms with Gasteiger partial charge in [0.2, 0.25) is 0 Å². The van der Waals surface area contributed by atoms with Crippen LogP contribution in [0, 0.1) is 0 Å². The van der Waals surface area contributed by atoms with E-state index >= 15 is 0 Å². The molecule has 0 atom stereocenters. The van der Waals surface area contributed by atoms with Crippen LogP contribution in [0.2, 0.25) is 0 Å². The zero-order valence-corrected chi connectivity index (χ0v) is 13.9. The molecule has 0 bridgehead atoms. The van der Waals surface area contributed by atoms with Crippen molar-refractivity contribution in [1.29, 1.82) is 0 Å². The van der Waals surface area contributed by atoms with Crippen molar-refractivity contribution in [2.75, 3.05) is 19.6 Å². The summed E-state index contributed by atoms with van der Waals surface area (Å²) in [7, 11) is 0. The van der Waals surface area contributed by atoms with Crippen molar-refractivity contribution in [3.8, 4) is 0 Å². The van der Waals surface area contributed by atoms with Gasteiger partial charge in [-0.15, -0.1) is 0 Å². The van der Waals surface area contributed by atoms with Crippen LogP contribution in [-0.2, 0) is 19.5 Å². The van der Waals surface area contributed by atoms with E-state index in [1.807, 2.05) is 0 Å². The monoisotopic (exact) mass is 296 g/mol. The molecular formula is C20H28N2. The molecule has 0 radical (unpaired) electrons. The van der Waals surface area contributed by atoms with E-state index in [1.54, 1.807) is 0 Å². The normalized spacial score (nSPS) is 11.0. The molecule has 0 aliphatic heterocycles. The highest BCUT2D eigenvalue weighted by molar-refractivity contribution is 5.22. The first kappa shape index (κ1) is 16.7. The average Bonchev–Trinajstić information content (AvgIpc) is 2.58. The first-order valence-corrected chi connectivity index (χ1v) is 8.36. The lowest BCUT2D eigenvalue weighted by atomic mass is 10.1. The third-order valence-electron chi connectivity index (χ3n) is 4.09. The molecule has 0 saturated heterocycles. The highest BCUT2D eigenvalue weighted by Crippen LogP contribution is 2.07. The minimum atomic E-state index is 0.943. The Morgan fingerprint density at radius 3 is 2.05 bits per heavy atom. The summed E-state index contributed by atoms with van der Waals surface area (Å²) >= 11 is 0. The van der Waals surface area contributed by atoms with Gasteiger partial charge in [-0.05, 0) is 42.7 Å². The highest BCUT2D eigenvalue weighted by atomic mass is 15.1. The van der Waals surface area contributed by atoms with Crippen LogP contribution in [0.15, 0.2) is 54.6 Å². The number of hydrogen-bond acceptors (Lipinski definition) is 2. The Bertz CT molecular complexity index is 515. The lowest BCUT2D eigenvalue weighted by Gasteiger charge is -2.18.